The number of amides is 1. The Morgan fingerprint density at radius 3 is 2.68 bits per heavy atom. The molecule has 0 saturated carbocycles. The maximum Gasteiger partial charge on any atom is 0.259 e. The van der Waals surface area contributed by atoms with Crippen molar-refractivity contribution >= 4 is 29.6 Å². The van der Waals surface area contributed by atoms with Crippen LogP contribution in [0.5, 0.6) is 5.75 Å². The molecule has 2 N–H and O–H groups in total. The van der Waals surface area contributed by atoms with E-state index >= 15 is 0 Å². The molecule has 8 heteroatoms. The maximum absolute atomic E-state index is 14.1. The topological polar surface area (TPSA) is 79.8 Å². The molecule has 31 heavy (non-hydrogen) atoms. The summed E-state index contributed by atoms with van der Waals surface area (Å²) in [6.07, 6.45) is 3.76. The van der Waals surface area contributed by atoms with Gasteiger partial charge in [-0.3, -0.25) is 9.59 Å². The number of ether oxygens (including phenoxy) is 1. The summed E-state index contributed by atoms with van der Waals surface area (Å²) in [5, 5.41) is 7.28. The fourth-order valence-electron chi connectivity index (χ4n) is 2.53. The van der Waals surface area contributed by atoms with Crippen molar-refractivity contribution in [3.63, 3.8) is 0 Å². The second-order valence-corrected chi connectivity index (χ2v) is 7.54. The number of hydrogen-bond donors (Lipinski definition) is 2. The molecule has 0 bridgehead atoms. The molecule has 0 aliphatic carbocycles. The summed E-state index contributed by atoms with van der Waals surface area (Å²) in [6, 6.07) is 8.95. The van der Waals surface area contributed by atoms with Crippen molar-refractivity contribution in [2.45, 2.75) is 27.3 Å². The zero-order chi connectivity index (χ0) is 22.8. The normalized spacial score (nSPS) is 11.6. The van der Waals surface area contributed by atoms with Crippen molar-refractivity contribution in [3.8, 4) is 5.75 Å². The highest BCUT2D eigenvalue weighted by Crippen LogP contribution is 2.23. The summed E-state index contributed by atoms with van der Waals surface area (Å²) < 4.78 is 19.9. The van der Waals surface area contributed by atoms with Gasteiger partial charge in [-0.05, 0) is 49.2 Å². The smallest absolute Gasteiger partial charge is 0.259 e. The molecule has 0 heterocycles. The second-order valence-electron chi connectivity index (χ2n) is 7.10. The first kappa shape index (κ1) is 24.1. The number of allylic oxidation sites excluding steroid dienone is 1. The van der Waals surface area contributed by atoms with Gasteiger partial charge in [0.1, 0.15) is 17.9 Å². The summed E-state index contributed by atoms with van der Waals surface area (Å²) >= 11 is 6.10. The van der Waals surface area contributed by atoms with E-state index in [2.05, 4.69) is 29.7 Å². The molecule has 2 aromatic carbocycles. The Morgan fingerprint density at radius 2 is 2.03 bits per heavy atom. The molecule has 0 fully saturated rings. The minimum atomic E-state index is -0.791. The molecule has 0 spiro atoms. The average Bonchev–Trinajstić information content (AvgIpc) is 2.72. The molecule has 0 saturated heterocycles. The fourth-order valence-corrected chi connectivity index (χ4v) is 2.73. The zero-order valence-corrected chi connectivity index (χ0v) is 18.4. The largest absolute Gasteiger partial charge is 0.493 e. The number of aldehydes is 1. The minimum absolute atomic E-state index is 0.148. The monoisotopic (exact) mass is 445 g/mol. The van der Waals surface area contributed by atoms with Crippen LogP contribution in [0.3, 0.4) is 0 Å². The molecule has 0 aliphatic heterocycles. The van der Waals surface area contributed by atoms with E-state index in [1.165, 1.54) is 12.1 Å². The maximum atomic E-state index is 14.1. The molecule has 0 atom stereocenters. The van der Waals surface area contributed by atoms with E-state index in [0.29, 0.717) is 36.1 Å². The molecular weight excluding hydrogens is 421 g/mol. The number of amidine groups is 1. The van der Waals surface area contributed by atoms with Gasteiger partial charge in [0.15, 0.2) is 5.84 Å². The number of nitrogens with one attached hydrogen (secondary N) is 2. The molecule has 0 radical (unpaired) electrons. The van der Waals surface area contributed by atoms with Crippen molar-refractivity contribution < 1.29 is 18.7 Å². The first-order valence-electron chi connectivity index (χ1n) is 9.74. The lowest BCUT2D eigenvalue weighted by atomic mass is 10.1. The first-order chi connectivity index (χ1) is 14.8. The zero-order valence-electron chi connectivity index (χ0n) is 17.6. The third-order valence-electron chi connectivity index (χ3n) is 4.00. The van der Waals surface area contributed by atoms with Crippen LogP contribution in [-0.4, -0.2) is 24.6 Å². The third-order valence-corrected chi connectivity index (χ3v) is 4.24. The van der Waals surface area contributed by atoms with Gasteiger partial charge in [-0.15, -0.1) is 0 Å². The number of carbonyl (C=O) groups is 2. The Balaban J connectivity index is 2.11. The predicted octanol–water partition coefficient (Wildman–Crippen LogP) is 4.74. The number of hydrogen-bond acceptors (Lipinski definition) is 5. The van der Waals surface area contributed by atoms with Gasteiger partial charge in [-0.25, -0.2) is 4.39 Å². The second kappa shape index (κ2) is 11.9. The Morgan fingerprint density at radius 1 is 1.26 bits per heavy atom. The SMILES string of the molecule is C/C=C/C(=N\NCc1cc(Cl)ccc1OCC(C)C)NC(=O)c1ccc(C=O)cc1F. The van der Waals surface area contributed by atoms with Crippen LogP contribution < -0.4 is 15.5 Å². The minimum Gasteiger partial charge on any atom is -0.493 e. The molecular formula is C23H25ClFN3O3. The summed E-state index contributed by atoms with van der Waals surface area (Å²) in [6.45, 7) is 6.73. The van der Waals surface area contributed by atoms with Crippen LogP contribution in [0.4, 0.5) is 4.39 Å². The number of carbonyl (C=O) groups excluding carboxylic acids is 2. The van der Waals surface area contributed by atoms with E-state index in [0.717, 1.165) is 11.6 Å². The number of rotatable bonds is 9. The summed E-state index contributed by atoms with van der Waals surface area (Å²) in [4.78, 5) is 23.1. The third kappa shape index (κ3) is 7.53. The quantitative estimate of drug-likeness (QED) is 0.253. The Hall–Kier alpha value is -3.19. The number of halogens is 2. The highest BCUT2D eigenvalue weighted by atomic mass is 35.5. The van der Waals surface area contributed by atoms with E-state index < -0.39 is 11.7 Å². The number of hydrazone groups is 1. The molecule has 6 nitrogen and oxygen atoms in total. The van der Waals surface area contributed by atoms with Gasteiger partial charge in [0, 0.05) is 16.1 Å². The van der Waals surface area contributed by atoms with Gasteiger partial charge in [-0.2, -0.15) is 5.10 Å². The molecule has 0 unspecified atom stereocenters. The Labute approximate surface area is 186 Å². The van der Waals surface area contributed by atoms with E-state index in [1.807, 2.05) is 0 Å². The van der Waals surface area contributed by atoms with Gasteiger partial charge in [-0.1, -0.05) is 37.6 Å². The lowest BCUT2D eigenvalue weighted by Gasteiger charge is -2.14. The van der Waals surface area contributed by atoms with E-state index in [1.54, 1.807) is 37.3 Å². The van der Waals surface area contributed by atoms with Gasteiger partial charge in [0.2, 0.25) is 0 Å². The summed E-state index contributed by atoms with van der Waals surface area (Å²) in [7, 11) is 0. The van der Waals surface area contributed by atoms with Gasteiger partial charge in [0.05, 0.1) is 18.7 Å². The van der Waals surface area contributed by atoms with Crippen LogP contribution >= 0.6 is 11.6 Å². The van der Waals surface area contributed by atoms with Crippen LogP contribution in [0.25, 0.3) is 0 Å². The molecule has 2 rings (SSSR count). The van der Waals surface area contributed by atoms with Crippen LogP contribution in [0, 0.1) is 11.7 Å². The van der Waals surface area contributed by atoms with Crippen molar-refractivity contribution in [1.82, 2.24) is 10.7 Å². The summed E-state index contributed by atoms with van der Waals surface area (Å²) in [5.41, 5.74) is 3.63. The van der Waals surface area contributed by atoms with Gasteiger partial charge in [0.25, 0.3) is 5.91 Å². The van der Waals surface area contributed by atoms with Gasteiger partial charge < -0.3 is 15.5 Å². The predicted molar refractivity (Wildman–Crippen MR) is 120 cm³/mol. The van der Waals surface area contributed by atoms with Crippen molar-refractivity contribution in [2.24, 2.45) is 11.0 Å². The van der Waals surface area contributed by atoms with Crippen molar-refractivity contribution in [1.29, 1.82) is 0 Å². The summed E-state index contributed by atoms with van der Waals surface area (Å²) in [5.74, 6) is -0.224. The van der Waals surface area contributed by atoms with Gasteiger partial charge >= 0.3 is 0 Å². The Kier molecular flexibility index (Phi) is 9.21. The molecule has 0 aliphatic rings. The highest BCUT2D eigenvalue weighted by Gasteiger charge is 2.13. The number of benzene rings is 2. The molecule has 164 valence electrons. The first-order valence-corrected chi connectivity index (χ1v) is 10.1. The lowest BCUT2D eigenvalue weighted by molar-refractivity contribution is 0.0972. The average molecular weight is 446 g/mol. The molecule has 1 amide bonds. The van der Waals surface area contributed by atoms with E-state index in [9.17, 15) is 14.0 Å². The van der Waals surface area contributed by atoms with Crippen LogP contribution in [0.2, 0.25) is 5.02 Å². The molecule has 2 aromatic rings. The molecule has 0 aromatic heterocycles. The lowest BCUT2D eigenvalue weighted by Crippen LogP contribution is -2.31. The standard InChI is InChI=1S/C23H25ClFN3O3/c1-4-5-22(27-23(30)19-8-6-16(13-29)10-20(19)25)28-26-12-17-11-18(24)7-9-21(17)31-14-15(2)3/h4-11,13,15,26H,12,14H2,1-3H3,(H,27,28,30)/b5-4+. The fraction of sp³-hybridized carbons (Fsp3) is 0.261. The van der Waals surface area contributed by atoms with Crippen molar-refractivity contribution in [3.05, 3.63) is 76.1 Å². The van der Waals surface area contributed by atoms with Crippen LogP contribution in [0.15, 0.2) is 53.7 Å². The Bertz CT molecular complexity index is 990. The van der Waals surface area contributed by atoms with E-state index in [4.69, 9.17) is 16.3 Å². The van der Waals surface area contributed by atoms with E-state index in [-0.39, 0.29) is 17.0 Å². The van der Waals surface area contributed by atoms with Crippen LogP contribution in [0.1, 0.15) is 47.1 Å². The van der Waals surface area contributed by atoms with Crippen molar-refractivity contribution in [2.75, 3.05) is 6.61 Å². The number of nitrogens with zero attached hydrogens (tertiary/aromatic N) is 1. The van der Waals surface area contributed by atoms with Crippen LogP contribution in [-0.2, 0) is 6.54 Å². The highest BCUT2D eigenvalue weighted by molar-refractivity contribution is 6.30.